The molecule has 17 heavy (non-hydrogen) atoms. The summed E-state index contributed by atoms with van der Waals surface area (Å²) in [6, 6.07) is 0. The molecule has 0 radical (unpaired) electrons. The molecule has 0 fully saturated rings. The van der Waals surface area contributed by atoms with Gasteiger partial charge in [0.15, 0.2) is 9.84 Å². The Kier molecular flexibility index (Phi) is 6.43. The van der Waals surface area contributed by atoms with Gasteiger partial charge < -0.3 is 10.1 Å². The van der Waals surface area contributed by atoms with Crippen LogP contribution in [-0.4, -0.2) is 51.0 Å². The number of hydrogen-bond donors (Lipinski definition) is 1. The fourth-order valence-corrected chi connectivity index (χ4v) is 1.63. The summed E-state index contributed by atoms with van der Waals surface area (Å²) >= 11 is 5.87. The Bertz CT molecular complexity index is 353. The zero-order valence-corrected chi connectivity index (χ0v) is 12.2. The molecule has 1 amide bonds. The fraction of sp³-hybridized carbons (Fsp3) is 0.900. The maximum absolute atomic E-state index is 11.7. The van der Waals surface area contributed by atoms with Crippen LogP contribution in [-0.2, 0) is 19.4 Å². The third-order valence-electron chi connectivity index (χ3n) is 2.56. The number of amides is 1. The average Bonchev–Trinajstić information content (AvgIpc) is 2.16. The highest BCUT2D eigenvalue weighted by molar-refractivity contribution is 7.92. The first-order valence-electron chi connectivity index (χ1n) is 5.24. The molecule has 0 aliphatic heterocycles. The SMILES string of the molecule is COCC(Cl)CCNC(=O)C(C)(C)S(C)(=O)=O. The van der Waals surface area contributed by atoms with Crippen molar-refractivity contribution in [1.82, 2.24) is 5.32 Å². The number of nitrogens with one attached hydrogen (secondary N) is 1. The smallest absolute Gasteiger partial charge is 0.240 e. The third-order valence-corrected chi connectivity index (χ3v) is 4.95. The average molecular weight is 286 g/mol. The first-order valence-corrected chi connectivity index (χ1v) is 7.56. The Balaban J connectivity index is 4.21. The highest BCUT2D eigenvalue weighted by atomic mass is 35.5. The summed E-state index contributed by atoms with van der Waals surface area (Å²) in [4.78, 5) is 11.7. The summed E-state index contributed by atoms with van der Waals surface area (Å²) in [5, 5.41) is 2.37. The summed E-state index contributed by atoms with van der Waals surface area (Å²) in [6.45, 7) is 3.48. The maximum atomic E-state index is 11.7. The highest BCUT2D eigenvalue weighted by Gasteiger charge is 2.38. The monoisotopic (exact) mass is 285 g/mol. The van der Waals surface area contributed by atoms with Crippen LogP contribution < -0.4 is 5.32 Å². The summed E-state index contributed by atoms with van der Waals surface area (Å²) < 4.78 is 26.2. The molecule has 0 aromatic carbocycles. The van der Waals surface area contributed by atoms with E-state index in [0.29, 0.717) is 19.6 Å². The van der Waals surface area contributed by atoms with Crippen molar-refractivity contribution in [3.63, 3.8) is 0 Å². The standard InChI is InChI=1S/C10H20ClNO4S/c1-10(2,17(4,14)15)9(13)12-6-5-8(11)7-16-3/h8H,5-7H2,1-4H3,(H,12,13). The predicted molar refractivity (Wildman–Crippen MR) is 68.1 cm³/mol. The van der Waals surface area contributed by atoms with Gasteiger partial charge in [-0.2, -0.15) is 0 Å². The third kappa shape index (κ3) is 5.23. The minimum atomic E-state index is -3.43. The molecule has 0 aliphatic carbocycles. The van der Waals surface area contributed by atoms with Gasteiger partial charge in [-0.25, -0.2) is 8.42 Å². The molecule has 0 saturated carbocycles. The first-order chi connectivity index (χ1) is 7.63. The van der Waals surface area contributed by atoms with E-state index in [4.69, 9.17) is 16.3 Å². The number of methoxy groups -OCH3 is 1. The Hall–Kier alpha value is -0.330. The van der Waals surface area contributed by atoms with Gasteiger partial charge in [0, 0.05) is 19.9 Å². The normalized spacial score (nSPS) is 14.4. The van der Waals surface area contributed by atoms with Crippen molar-refractivity contribution in [2.45, 2.75) is 30.4 Å². The van der Waals surface area contributed by atoms with Gasteiger partial charge in [-0.15, -0.1) is 11.6 Å². The van der Waals surface area contributed by atoms with E-state index in [2.05, 4.69) is 5.32 Å². The topological polar surface area (TPSA) is 72.5 Å². The van der Waals surface area contributed by atoms with Crippen molar-refractivity contribution >= 4 is 27.3 Å². The molecule has 1 N–H and O–H groups in total. The van der Waals surface area contributed by atoms with Crippen LogP contribution >= 0.6 is 11.6 Å². The number of sulfone groups is 1. The summed E-state index contributed by atoms with van der Waals surface area (Å²) in [5.41, 5.74) is 0. The molecule has 0 bridgehead atoms. The molecule has 0 aliphatic rings. The van der Waals surface area contributed by atoms with E-state index < -0.39 is 20.5 Å². The van der Waals surface area contributed by atoms with Gasteiger partial charge >= 0.3 is 0 Å². The highest BCUT2D eigenvalue weighted by Crippen LogP contribution is 2.15. The Morgan fingerprint density at radius 2 is 2.00 bits per heavy atom. The number of rotatable bonds is 7. The van der Waals surface area contributed by atoms with Gasteiger partial charge in [0.25, 0.3) is 0 Å². The van der Waals surface area contributed by atoms with Crippen molar-refractivity contribution in [2.24, 2.45) is 0 Å². The van der Waals surface area contributed by atoms with Crippen LogP contribution in [0.5, 0.6) is 0 Å². The lowest BCUT2D eigenvalue weighted by Crippen LogP contribution is -2.48. The zero-order chi connectivity index (χ0) is 13.7. The van der Waals surface area contributed by atoms with E-state index in [9.17, 15) is 13.2 Å². The van der Waals surface area contributed by atoms with Gasteiger partial charge in [-0.1, -0.05) is 0 Å². The lowest BCUT2D eigenvalue weighted by Gasteiger charge is -2.21. The summed E-state index contributed by atoms with van der Waals surface area (Å²) in [6.07, 6.45) is 1.57. The molecule has 0 spiro atoms. The van der Waals surface area contributed by atoms with Crippen molar-refractivity contribution in [3.8, 4) is 0 Å². The van der Waals surface area contributed by atoms with Crippen LogP contribution in [0.15, 0.2) is 0 Å². The van der Waals surface area contributed by atoms with Crippen LogP contribution in [0.4, 0.5) is 0 Å². The van der Waals surface area contributed by atoms with Crippen LogP contribution in [0.25, 0.3) is 0 Å². The van der Waals surface area contributed by atoms with Crippen LogP contribution in [0, 0.1) is 0 Å². The molecule has 0 heterocycles. The first kappa shape index (κ1) is 16.7. The number of carbonyl (C=O) groups is 1. The van der Waals surface area contributed by atoms with Crippen LogP contribution in [0.1, 0.15) is 20.3 Å². The fourth-order valence-electron chi connectivity index (χ4n) is 0.988. The molecule has 0 aromatic rings. The number of alkyl halides is 1. The molecule has 1 unspecified atom stereocenters. The minimum absolute atomic E-state index is 0.193. The quantitative estimate of drug-likeness (QED) is 0.694. The second-order valence-corrected chi connectivity index (χ2v) is 7.56. The van der Waals surface area contributed by atoms with Gasteiger partial charge in [0.2, 0.25) is 5.91 Å². The van der Waals surface area contributed by atoms with Crippen molar-refractivity contribution in [3.05, 3.63) is 0 Å². The van der Waals surface area contributed by atoms with E-state index in [1.807, 2.05) is 0 Å². The van der Waals surface area contributed by atoms with Gasteiger partial charge in [-0.3, -0.25) is 4.79 Å². The molecule has 0 saturated heterocycles. The molecule has 102 valence electrons. The lowest BCUT2D eigenvalue weighted by molar-refractivity contribution is -0.122. The predicted octanol–water partition coefficient (Wildman–Crippen LogP) is 0.570. The molecule has 7 heteroatoms. The molecule has 5 nitrogen and oxygen atoms in total. The number of ether oxygens (including phenoxy) is 1. The van der Waals surface area contributed by atoms with E-state index in [1.165, 1.54) is 13.8 Å². The van der Waals surface area contributed by atoms with Gasteiger partial charge in [-0.05, 0) is 20.3 Å². The van der Waals surface area contributed by atoms with E-state index >= 15 is 0 Å². The number of halogens is 1. The van der Waals surface area contributed by atoms with Crippen LogP contribution in [0.2, 0.25) is 0 Å². The second-order valence-electron chi connectivity index (χ2n) is 4.38. The zero-order valence-electron chi connectivity index (χ0n) is 10.6. The van der Waals surface area contributed by atoms with Crippen molar-refractivity contribution in [1.29, 1.82) is 0 Å². The molecular weight excluding hydrogens is 266 g/mol. The second kappa shape index (κ2) is 6.56. The van der Waals surface area contributed by atoms with E-state index in [1.54, 1.807) is 7.11 Å². The Morgan fingerprint density at radius 1 is 1.47 bits per heavy atom. The largest absolute Gasteiger partial charge is 0.383 e. The van der Waals surface area contributed by atoms with Crippen molar-refractivity contribution in [2.75, 3.05) is 26.5 Å². The molecule has 0 aromatic heterocycles. The Morgan fingerprint density at radius 3 is 2.41 bits per heavy atom. The molecule has 0 rings (SSSR count). The van der Waals surface area contributed by atoms with Gasteiger partial charge in [0.05, 0.1) is 12.0 Å². The number of hydrogen-bond acceptors (Lipinski definition) is 4. The van der Waals surface area contributed by atoms with E-state index in [0.717, 1.165) is 6.26 Å². The minimum Gasteiger partial charge on any atom is -0.383 e. The number of carbonyl (C=O) groups excluding carboxylic acids is 1. The lowest BCUT2D eigenvalue weighted by atomic mass is 10.2. The molecule has 1 atom stereocenters. The van der Waals surface area contributed by atoms with Crippen LogP contribution in [0.3, 0.4) is 0 Å². The van der Waals surface area contributed by atoms with E-state index in [-0.39, 0.29) is 5.38 Å². The summed E-state index contributed by atoms with van der Waals surface area (Å²) in [7, 11) is -1.89. The summed E-state index contributed by atoms with van der Waals surface area (Å²) in [5.74, 6) is -0.513. The Labute approximate surface area is 108 Å². The maximum Gasteiger partial charge on any atom is 0.240 e. The molecular formula is C10H20ClNO4S. The van der Waals surface area contributed by atoms with Crippen molar-refractivity contribution < 1.29 is 17.9 Å². The van der Waals surface area contributed by atoms with Gasteiger partial charge in [0.1, 0.15) is 4.75 Å².